The molecule has 1 atom stereocenters. The first-order valence-corrected chi connectivity index (χ1v) is 6.86. The molecule has 2 nitrogen and oxygen atoms in total. The third kappa shape index (κ3) is 2.40. The molecule has 0 saturated carbocycles. The van der Waals surface area contributed by atoms with Gasteiger partial charge in [0.1, 0.15) is 0 Å². The van der Waals surface area contributed by atoms with Crippen molar-refractivity contribution in [2.45, 2.75) is 19.8 Å². The van der Waals surface area contributed by atoms with Crippen molar-refractivity contribution >= 4 is 27.2 Å². The maximum absolute atomic E-state index is 12.4. The highest BCUT2D eigenvalue weighted by Crippen LogP contribution is 2.27. The topological polar surface area (TPSA) is 43.1 Å². The molecule has 2 aromatic rings. The molecule has 1 unspecified atom stereocenters. The quantitative estimate of drug-likeness (QED) is 0.822. The van der Waals surface area contributed by atoms with Crippen molar-refractivity contribution in [2.24, 2.45) is 11.7 Å². The van der Waals surface area contributed by atoms with Crippen molar-refractivity contribution in [3.63, 3.8) is 0 Å². The number of hydrogen-bond acceptors (Lipinski definition) is 3. The lowest BCUT2D eigenvalue weighted by Gasteiger charge is -2.12. The zero-order valence-corrected chi connectivity index (χ0v) is 10.8. The highest BCUT2D eigenvalue weighted by Gasteiger charge is 2.19. The van der Waals surface area contributed by atoms with Gasteiger partial charge in [0.2, 0.25) is 0 Å². The number of carbonyl (C=O) groups excluding carboxylic acids is 1. The monoisotopic (exact) mass is 247 g/mol. The predicted octanol–water partition coefficient (Wildman–Crippen LogP) is 3.46. The van der Waals surface area contributed by atoms with E-state index in [0.29, 0.717) is 6.54 Å². The standard InChI is InChI=1S/C14H17NOS/c1-2-4-11(9-15)13(16)12-6-3-5-10-7-8-17-14(10)12/h3,5-8,11H,2,4,9,15H2,1H3. The zero-order valence-electron chi connectivity index (χ0n) is 9.98. The zero-order chi connectivity index (χ0) is 12.3. The molecule has 0 aliphatic carbocycles. The maximum atomic E-state index is 12.4. The molecular weight excluding hydrogens is 230 g/mol. The number of Topliss-reactive ketones (excluding diaryl/α,β-unsaturated/α-hetero) is 1. The molecule has 3 heteroatoms. The normalized spacial score (nSPS) is 12.8. The second-order valence-corrected chi connectivity index (χ2v) is 5.15. The van der Waals surface area contributed by atoms with Crippen LogP contribution in [0, 0.1) is 5.92 Å². The van der Waals surface area contributed by atoms with Crippen LogP contribution in [-0.2, 0) is 0 Å². The molecule has 2 N–H and O–H groups in total. The van der Waals surface area contributed by atoms with Crippen LogP contribution in [0.15, 0.2) is 29.6 Å². The molecule has 2 rings (SSSR count). The summed E-state index contributed by atoms with van der Waals surface area (Å²) in [5, 5.41) is 3.17. The summed E-state index contributed by atoms with van der Waals surface area (Å²) in [6.07, 6.45) is 1.87. The van der Waals surface area contributed by atoms with Crippen molar-refractivity contribution in [1.29, 1.82) is 0 Å². The van der Waals surface area contributed by atoms with Gasteiger partial charge in [-0.05, 0) is 29.3 Å². The van der Waals surface area contributed by atoms with Gasteiger partial charge < -0.3 is 5.73 Å². The average molecular weight is 247 g/mol. The molecule has 90 valence electrons. The molecule has 1 aromatic carbocycles. The second-order valence-electron chi connectivity index (χ2n) is 4.23. The fourth-order valence-corrected chi connectivity index (χ4v) is 3.03. The number of nitrogens with two attached hydrogens (primary N) is 1. The molecule has 0 bridgehead atoms. The van der Waals surface area contributed by atoms with Crippen molar-refractivity contribution in [1.82, 2.24) is 0 Å². The van der Waals surface area contributed by atoms with Crippen LogP contribution >= 0.6 is 11.3 Å². The van der Waals surface area contributed by atoms with Crippen molar-refractivity contribution < 1.29 is 4.79 Å². The first-order valence-electron chi connectivity index (χ1n) is 5.98. The van der Waals surface area contributed by atoms with Gasteiger partial charge in [-0.3, -0.25) is 4.79 Å². The molecule has 1 aromatic heterocycles. The van der Waals surface area contributed by atoms with Crippen LogP contribution in [0.3, 0.4) is 0 Å². The number of ketones is 1. The Kier molecular flexibility index (Phi) is 3.92. The van der Waals surface area contributed by atoms with E-state index in [-0.39, 0.29) is 11.7 Å². The number of carbonyl (C=O) groups is 1. The third-order valence-electron chi connectivity index (χ3n) is 3.04. The van der Waals surface area contributed by atoms with Crippen molar-refractivity contribution in [2.75, 3.05) is 6.54 Å². The van der Waals surface area contributed by atoms with E-state index in [1.54, 1.807) is 11.3 Å². The fraction of sp³-hybridized carbons (Fsp3) is 0.357. The first-order chi connectivity index (χ1) is 8.27. The Hall–Kier alpha value is -1.19. The average Bonchev–Trinajstić information content (AvgIpc) is 2.83. The van der Waals surface area contributed by atoms with E-state index in [2.05, 4.69) is 6.92 Å². The summed E-state index contributed by atoms with van der Waals surface area (Å²) >= 11 is 1.63. The fourth-order valence-electron chi connectivity index (χ4n) is 2.11. The SMILES string of the molecule is CCCC(CN)C(=O)c1cccc2ccsc12. The molecule has 0 radical (unpaired) electrons. The van der Waals surface area contributed by atoms with Gasteiger partial charge in [0.25, 0.3) is 0 Å². The Morgan fingerprint density at radius 3 is 2.94 bits per heavy atom. The number of hydrogen-bond donors (Lipinski definition) is 1. The summed E-state index contributed by atoms with van der Waals surface area (Å²) in [7, 11) is 0. The van der Waals surface area contributed by atoms with Crippen LogP contribution in [0.25, 0.3) is 10.1 Å². The summed E-state index contributed by atoms with van der Waals surface area (Å²) in [4.78, 5) is 12.4. The van der Waals surface area contributed by atoms with E-state index < -0.39 is 0 Å². The van der Waals surface area contributed by atoms with Gasteiger partial charge in [0.15, 0.2) is 5.78 Å². The molecular formula is C14H17NOS. The van der Waals surface area contributed by atoms with E-state index in [9.17, 15) is 4.79 Å². The molecule has 0 aliphatic heterocycles. The summed E-state index contributed by atoms with van der Waals surface area (Å²) in [6, 6.07) is 7.95. The Labute approximate surface area is 105 Å². The molecule has 0 fully saturated rings. The predicted molar refractivity (Wildman–Crippen MR) is 73.6 cm³/mol. The third-order valence-corrected chi connectivity index (χ3v) is 4.00. The summed E-state index contributed by atoms with van der Waals surface area (Å²) in [5.41, 5.74) is 6.53. The molecule has 17 heavy (non-hydrogen) atoms. The van der Waals surface area contributed by atoms with E-state index in [1.807, 2.05) is 29.6 Å². The van der Waals surface area contributed by atoms with E-state index in [4.69, 9.17) is 5.73 Å². The smallest absolute Gasteiger partial charge is 0.168 e. The molecule has 0 aliphatic rings. The Bertz CT molecular complexity index is 518. The summed E-state index contributed by atoms with van der Waals surface area (Å²) in [6.45, 7) is 2.52. The Morgan fingerprint density at radius 1 is 1.41 bits per heavy atom. The minimum absolute atomic E-state index is 0.0345. The van der Waals surface area contributed by atoms with Crippen LogP contribution in [0.1, 0.15) is 30.1 Å². The number of fused-ring (bicyclic) bond motifs is 1. The second kappa shape index (κ2) is 5.43. The van der Waals surface area contributed by atoms with Crippen LogP contribution in [0.2, 0.25) is 0 Å². The van der Waals surface area contributed by atoms with Gasteiger partial charge in [-0.25, -0.2) is 0 Å². The van der Waals surface area contributed by atoms with Gasteiger partial charge in [-0.1, -0.05) is 25.5 Å². The van der Waals surface area contributed by atoms with Crippen LogP contribution in [0.4, 0.5) is 0 Å². The Morgan fingerprint density at radius 2 is 2.24 bits per heavy atom. The largest absolute Gasteiger partial charge is 0.330 e. The molecule has 1 heterocycles. The van der Waals surface area contributed by atoms with E-state index in [1.165, 1.54) is 0 Å². The van der Waals surface area contributed by atoms with E-state index >= 15 is 0 Å². The molecule has 0 amide bonds. The minimum atomic E-state index is -0.0345. The lowest BCUT2D eigenvalue weighted by Crippen LogP contribution is -2.23. The maximum Gasteiger partial charge on any atom is 0.168 e. The van der Waals surface area contributed by atoms with Gasteiger partial charge in [0.05, 0.1) is 0 Å². The summed E-state index contributed by atoms with van der Waals surface area (Å²) < 4.78 is 1.09. The number of benzene rings is 1. The molecule has 0 saturated heterocycles. The van der Waals surface area contributed by atoms with Crippen LogP contribution < -0.4 is 5.73 Å². The van der Waals surface area contributed by atoms with Gasteiger partial charge in [-0.15, -0.1) is 11.3 Å². The first kappa shape index (κ1) is 12.3. The Balaban J connectivity index is 2.38. The van der Waals surface area contributed by atoms with Gasteiger partial charge >= 0.3 is 0 Å². The van der Waals surface area contributed by atoms with Crippen LogP contribution in [0.5, 0.6) is 0 Å². The minimum Gasteiger partial charge on any atom is -0.330 e. The van der Waals surface area contributed by atoms with Gasteiger partial charge in [0, 0.05) is 22.7 Å². The van der Waals surface area contributed by atoms with E-state index in [0.717, 1.165) is 28.5 Å². The lowest BCUT2D eigenvalue weighted by molar-refractivity contribution is 0.0919. The number of thiophene rings is 1. The number of rotatable bonds is 5. The van der Waals surface area contributed by atoms with Gasteiger partial charge in [-0.2, -0.15) is 0 Å². The highest BCUT2D eigenvalue weighted by atomic mass is 32.1. The molecule has 0 spiro atoms. The summed E-state index contributed by atoms with van der Waals surface area (Å²) in [5.74, 6) is 0.162. The van der Waals surface area contributed by atoms with Crippen LogP contribution in [-0.4, -0.2) is 12.3 Å². The van der Waals surface area contributed by atoms with Crippen molar-refractivity contribution in [3.05, 3.63) is 35.2 Å². The highest BCUT2D eigenvalue weighted by molar-refractivity contribution is 7.17. The van der Waals surface area contributed by atoms with Crippen molar-refractivity contribution in [3.8, 4) is 0 Å². The lowest BCUT2D eigenvalue weighted by atomic mass is 9.93.